The van der Waals surface area contributed by atoms with Crippen LogP contribution in [-0.2, 0) is 0 Å². The van der Waals surface area contributed by atoms with Crippen molar-refractivity contribution in [2.24, 2.45) is 0 Å². The average molecular weight is 297 g/mol. The predicted molar refractivity (Wildman–Crippen MR) is 77.3 cm³/mol. The molecule has 0 spiro atoms. The van der Waals surface area contributed by atoms with Crippen molar-refractivity contribution in [2.45, 2.75) is 31.3 Å². The molecule has 0 N–H and O–H groups in total. The van der Waals surface area contributed by atoms with Gasteiger partial charge in [0.1, 0.15) is 5.15 Å². The molecule has 0 radical (unpaired) electrons. The molecule has 7 heteroatoms. The van der Waals surface area contributed by atoms with Crippen molar-refractivity contribution in [3.63, 3.8) is 0 Å². The molecule has 0 saturated carbocycles. The number of rotatable bonds is 2. The molecule has 2 aliphatic rings. The van der Waals surface area contributed by atoms with Crippen molar-refractivity contribution < 1.29 is 4.92 Å². The summed E-state index contributed by atoms with van der Waals surface area (Å²) in [5.41, 5.74) is 0.0369. The number of hydrogen-bond acceptors (Lipinski definition) is 5. The van der Waals surface area contributed by atoms with Gasteiger partial charge < -0.3 is 4.90 Å². The van der Waals surface area contributed by atoms with E-state index in [0.29, 0.717) is 23.1 Å². The zero-order valence-corrected chi connectivity index (χ0v) is 12.1. The van der Waals surface area contributed by atoms with Gasteiger partial charge in [-0.25, -0.2) is 4.98 Å². The summed E-state index contributed by atoms with van der Waals surface area (Å²) in [6.45, 7) is 1.57. The highest BCUT2D eigenvalue weighted by atomic mass is 35.5. The topological polar surface area (TPSA) is 62.5 Å². The lowest BCUT2D eigenvalue weighted by Crippen LogP contribution is -2.37. The first-order chi connectivity index (χ1) is 9.56. The van der Waals surface area contributed by atoms with Gasteiger partial charge in [-0.2, -0.15) is 0 Å². The van der Waals surface area contributed by atoms with Crippen molar-refractivity contribution in [3.8, 4) is 0 Å². The molecule has 2 atom stereocenters. The summed E-state index contributed by atoms with van der Waals surface area (Å²) < 4.78 is 0. The molecule has 0 aromatic carbocycles. The van der Waals surface area contributed by atoms with Gasteiger partial charge in [-0.3, -0.25) is 15.0 Å². The minimum atomic E-state index is -0.383. The summed E-state index contributed by atoms with van der Waals surface area (Å²) >= 11 is 5.92. The van der Waals surface area contributed by atoms with Crippen molar-refractivity contribution >= 4 is 23.1 Å². The zero-order valence-electron chi connectivity index (χ0n) is 11.3. The van der Waals surface area contributed by atoms with Gasteiger partial charge in [0.05, 0.1) is 4.92 Å². The molecule has 2 bridgehead atoms. The lowest BCUT2D eigenvalue weighted by atomic mass is 10.1. The molecule has 2 unspecified atom stereocenters. The first kappa shape index (κ1) is 13.6. The van der Waals surface area contributed by atoms with E-state index >= 15 is 0 Å². The maximum Gasteiger partial charge on any atom is 0.311 e. The SMILES string of the molecule is CN1C2CCC1CN(c1nc(Cl)ccc1[N+](=O)[O-])CC2. The fourth-order valence-corrected chi connectivity index (χ4v) is 3.44. The van der Waals surface area contributed by atoms with Gasteiger partial charge in [0, 0.05) is 31.2 Å². The number of anilines is 1. The Bertz CT molecular complexity index is 539. The number of nitro groups is 1. The molecule has 1 aromatic rings. The van der Waals surface area contributed by atoms with Crippen LogP contribution in [0.15, 0.2) is 12.1 Å². The smallest absolute Gasteiger partial charge is 0.311 e. The third kappa shape index (κ3) is 2.33. The molecular formula is C13H17ClN4O2. The van der Waals surface area contributed by atoms with Crippen LogP contribution in [0, 0.1) is 10.1 Å². The van der Waals surface area contributed by atoms with Crippen LogP contribution in [0.25, 0.3) is 0 Å². The number of aromatic nitrogens is 1. The second-order valence-corrected chi connectivity index (χ2v) is 5.91. The molecule has 2 saturated heterocycles. The monoisotopic (exact) mass is 296 g/mol. The Morgan fingerprint density at radius 3 is 2.85 bits per heavy atom. The number of hydrogen-bond donors (Lipinski definition) is 0. The molecule has 6 nitrogen and oxygen atoms in total. The average Bonchev–Trinajstić information content (AvgIpc) is 2.62. The maximum absolute atomic E-state index is 11.2. The minimum Gasteiger partial charge on any atom is -0.349 e. The summed E-state index contributed by atoms with van der Waals surface area (Å²) in [4.78, 5) is 19.4. The number of pyridine rings is 1. The Balaban J connectivity index is 1.93. The van der Waals surface area contributed by atoms with Gasteiger partial charge in [-0.15, -0.1) is 0 Å². The summed E-state index contributed by atoms with van der Waals surface area (Å²) in [6, 6.07) is 3.95. The van der Waals surface area contributed by atoms with Crippen LogP contribution in [0.1, 0.15) is 19.3 Å². The third-order valence-electron chi connectivity index (χ3n) is 4.47. The molecule has 20 heavy (non-hydrogen) atoms. The zero-order chi connectivity index (χ0) is 14.3. The Labute approximate surface area is 122 Å². The van der Waals surface area contributed by atoms with E-state index in [2.05, 4.69) is 16.9 Å². The second-order valence-electron chi connectivity index (χ2n) is 5.52. The Morgan fingerprint density at radius 1 is 1.35 bits per heavy atom. The Kier molecular flexibility index (Phi) is 3.52. The van der Waals surface area contributed by atoms with Gasteiger partial charge in [0.15, 0.2) is 0 Å². The molecule has 2 fully saturated rings. The van der Waals surface area contributed by atoms with Crippen molar-refractivity contribution in [1.82, 2.24) is 9.88 Å². The van der Waals surface area contributed by atoms with E-state index in [0.717, 1.165) is 25.9 Å². The Hall–Kier alpha value is -1.40. The van der Waals surface area contributed by atoms with Crippen LogP contribution in [0.4, 0.5) is 11.5 Å². The van der Waals surface area contributed by atoms with Crippen LogP contribution < -0.4 is 4.90 Å². The van der Waals surface area contributed by atoms with E-state index in [1.54, 1.807) is 0 Å². The van der Waals surface area contributed by atoms with E-state index in [9.17, 15) is 10.1 Å². The van der Waals surface area contributed by atoms with Crippen LogP contribution >= 0.6 is 11.6 Å². The largest absolute Gasteiger partial charge is 0.349 e. The molecule has 2 aliphatic heterocycles. The van der Waals surface area contributed by atoms with Gasteiger partial charge in [-0.1, -0.05) is 11.6 Å². The highest BCUT2D eigenvalue weighted by Crippen LogP contribution is 2.34. The molecule has 0 amide bonds. The molecule has 3 rings (SSSR count). The molecular weight excluding hydrogens is 280 g/mol. The fourth-order valence-electron chi connectivity index (χ4n) is 3.29. The Morgan fingerprint density at radius 2 is 2.10 bits per heavy atom. The summed E-state index contributed by atoms with van der Waals surface area (Å²) in [5.74, 6) is 0.406. The van der Waals surface area contributed by atoms with Crippen molar-refractivity contribution in [2.75, 3.05) is 25.0 Å². The van der Waals surface area contributed by atoms with Crippen LogP contribution in [0.3, 0.4) is 0 Å². The molecule has 108 valence electrons. The summed E-state index contributed by atoms with van der Waals surface area (Å²) in [5, 5.41) is 11.5. The molecule has 0 aliphatic carbocycles. The van der Waals surface area contributed by atoms with Gasteiger partial charge in [0.25, 0.3) is 0 Å². The molecule has 3 heterocycles. The molecule has 1 aromatic heterocycles. The lowest BCUT2D eigenvalue weighted by molar-refractivity contribution is -0.384. The van der Waals surface area contributed by atoms with Crippen molar-refractivity contribution in [1.29, 1.82) is 0 Å². The predicted octanol–water partition coefficient (Wildman–Crippen LogP) is 2.32. The highest BCUT2D eigenvalue weighted by Gasteiger charge is 2.36. The number of halogens is 1. The third-order valence-corrected chi connectivity index (χ3v) is 4.68. The van der Waals surface area contributed by atoms with Gasteiger partial charge in [-0.05, 0) is 32.4 Å². The van der Waals surface area contributed by atoms with E-state index < -0.39 is 0 Å². The van der Waals surface area contributed by atoms with Crippen LogP contribution in [-0.4, -0.2) is 47.0 Å². The van der Waals surface area contributed by atoms with Crippen molar-refractivity contribution in [3.05, 3.63) is 27.4 Å². The first-order valence-corrected chi connectivity index (χ1v) is 7.22. The lowest BCUT2D eigenvalue weighted by Gasteiger charge is -2.26. The summed E-state index contributed by atoms with van der Waals surface area (Å²) in [6.07, 6.45) is 3.38. The standard InChI is InChI=1S/C13H17ClN4O2/c1-16-9-2-3-10(16)8-17(7-6-9)13-11(18(19)20)4-5-12(14)15-13/h4-5,9-10H,2-3,6-8H2,1H3. The maximum atomic E-state index is 11.2. The number of nitrogens with zero attached hydrogens (tertiary/aromatic N) is 4. The van der Waals surface area contributed by atoms with Crippen LogP contribution in [0.2, 0.25) is 5.15 Å². The van der Waals surface area contributed by atoms with Gasteiger partial charge in [0.2, 0.25) is 5.82 Å². The van der Waals surface area contributed by atoms with Gasteiger partial charge >= 0.3 is 5.69 Å². The van der Waals surface area contributed by atoms with E-state index in [1.165, 1.54) is 18.6 Å². The highest BCUT2D eigenvalue weighted by molar-refractivity contribution is 6.29. The fraction of sp³-hybridized carbons (Fsp3) is 0.615. The van der Waals surface area contributed by atoms with E-state index in [-0.39, 0.29) is 10.6 Å². The summed E-state index contributed by atoms with van der Waals surface area (Å²) in [7, 11) is 2.14. The van der Waals surface area contributed by atoms with Crippen LogP contribution in [0.5, 0.6) is 0 Å². The van der Waals surface area contributed by atoms with E-state index in [4.69, 9.17) is 11.6 Å². The number of likely N-dealkylation sites (N-methyl/N-ethyl adjacent to an activating group) is 1. The van der Waals surface area contributed by atoms with E-state index in [1.807, 2.05) is 4.90 Å². The second kappa shape index (κ2) is 5.18. The normalized spacial score (nSPS) is 26.6. The quantitative estimate of drug-likeness (QED) is 0.476. The minimum absolute atomic E-state index is 0.0369. The first-order valence-electron chi connectivity index (χ1n) is 6.84. The number of fused-ring (bicyclic) bond motifs is 2.